The topological polar surface area (TPSA) is 21.3 Å². The number of hydrogen-bond donors (Lipinski definition) is 1. The van der Waals surface area contributed by atoms with E-state index in [9.17, 15) is 0 Å². The third-order valence-electron chi connectivity index (χ3n) is 3.06. The van der Waals surface area contributed by atoms with Crippen molar-refractivity contribution in [3.8, 4) is 5.75 Å². The van der Waals surface area contributed by atoms with Crippen molar-refractivity contribution in [2.75, 3.05) is 18.9 Å². The number of rotatable bonds is 4. The standard InChI is InChI=1S/C14H21NOS/c1-3-15-14-7-8-17-10-11-5-6-12(16-4-2)9-13(11)14/h5-6,9,14-15H,3-4,7-8,10H2,1-2H3. The summed E-state index contributed by atoms with van der Waals surface area (Å²) < 4.78 is 5.60. The normalized spacial score (nSPS) is 19.5. The molecule has 0 amide bonds. The lowest BCUT2D eigenvalue weighted by Gasteiger charge is -2.19. The Labute approximate surface area is 108 Å². The summed E-state index contributed by atoms with van der Waals surface area (Å²) in [5, 5.41) is 3.58. The molecule has 1 atom stereocenters. The van der Waals surface area contributed by atoms with E-state index in [0.29, 0.717) is 6.04 Å². The maximum atomic E-state index is 5.60. The molecule has 0 bridgehead atoms. The number of ether oxygens (including phenoxy) is 1. The van der Waals surface area contributed by atoms with Crippen LogP contribution in [0.5, 0.6) is 5.75 Å². The second kappa shape index (κ2) is 6.31. The van der Waals surface area contributed by atoms with Gasteiger partial charge in [-0.05, 0) is 48.9 Å². The van der Waals surface area contributed by atoms with Crippen molar-refractivity contribution >= 4 is 11.8 Å². The van der Waals surface area contributed by atoms with E-state index >= 15 is 0 Å². The van der Waals surface area contributed by atoms with Gasteiger partial charge in [0.15, 0.2) is 0 Å². The highest BCUT2D eigenvalue weighted by atomic mass is 32.2. The predicted octanol–water partition coefficient (Wildman–Crippen LogP) is 3.37. The molecule has 0 saturated carbocycles. The van der Waals surface area contributed by atoms with E-state index in [4.69, 9.17) is 4.74 Å². The lowest BCUT2D eigenvalue weighted by Crippen LogP contribution is -2.21. The minimum absolute atomic E-state index is 0.491. The summed E-state index contributed by atoms with van der Waals surface area (Å²) in [5.74, 6) is 3.36. The summed E-state index contributed by atoms with van der Waals surface area (Å²) in [6, 6.07) is 7.03. The van der Waals surface area contributed by atoms with E-state index in [1.807, 2.05) is 18.7 Å². The molecular formula is C14H21NOS. The maximum Gasteiger partial charge on any atom is 0.119 e. The summed E-state index contributed by atoms with van der Waals surface area (Å²) >= 11 is 2.03. The number of thioether (sulfide) groups is 1. The first-order valence-corrected chi connectivity index (χ1v) is 7.57. The van der Waals surface area contributed by atoms with Gasteiger partial charge in [-0.15, -0.1) is 0 Å². The molecule has 1 aromatic rings. The summed E-state index contributed by atoms with van der Waals surface area (Å²) in [6.07, 6.45) is 1.21. The second-order valence-electron chi connectivity index (χ2n) is 4.25. The number of hydrogen-bond acceptors (Lipinski definition) is 3. The average molecular weight is 251 g/mol. The molecule has 3 heteroatoms. The number of benzene rings is 1. The Morgan fingerprint density at radius 3 is 3.06 bits per heavy atom. The van der Waals surface area contributed by atoms with Crippen molar-refractivity contribution in [3.63, 3.8) is 0 Å². The fourth-order valence-electron chi connectivity index (χ4n) is 2.28. The third kappa shape index (κ3) is 3.17. The van der Waals surface area contributed by atoms with E-state index < -0.39 is 0 Å². The molecule has 0 aliphatic carbocycles. The van der Waals surface area contributed by atoms with Crippen molar-refractivity contribution in [1.82, 2.24) is 5.32 Å². The van der Waals surface area contributed by atoms with E-state index in [1.54, 1.807) is 0 Å². The number of nitrogens with one attached hydrogen (secondary N) is 1. The van der Waals surface area contributed by atoms with Gasteiger partial charge in [0.2, 0.25) is 0 Å². The van der Waals surface area contributed by atoms with Gasteiger partial charge in [0, 0.05) is 11.8 Å². The third-order valence-corrected chi connectivity index (χ3v) is 4.10. The van der Waals surface area contributed by atoms with Gasteiger partial charge >= 0.3 is 0 Å². The fourth-order valence-corrected chi connectivity index (χ4v) is 3.31. The van der Waals surface area contributed by atoms with Crippen LogP contribution in [-0.4, -0.2) is 18.9 Å². The van der Waals surface area contributed by atoms with Crippen molar-refractivity contribution in [2.45, 2.75) is 32.1 Å². The van der Waals surface area contributed by atoms with Crippen LogP contribution in [-0.2, 0) is 5.75 Å². The van der Waals surface area contributed by atoms with Gasteiger partial charge in [-0.25, -0.2) is 0 Å². The van der Waals surface area contributed by atoms with Crippen molar-refractivity contribution in [3.05, 3.63) is 29.3 Å². The molecule has 1 aliphatic heterocycles. The second-order valence-corrected chi connectivity index (χ2v) is 5.35. The Balaban J connectivity index is 2.28. The Hall–Kier alpha value is -0.670. The zero-order valence-electron chi connectivity index (χ0n) is 10.7. The van der Waals surface area contributed by atoms with E-state index in [-0.39, 0.29) is 0 Å². The van der Waals surface area contributed by atoms with Crippen molar-refractivity contribution < 1.29 is 4.74 Å². The van der Waals surface area contributed by atoms with Crippen LogP contribution in [0.4, 0.5) is 0 Å². The van der Waals surface area contributed by atoms with Crippen molar-refractivity contribution in [2.24, 2.45) is 0 Å². The van der Waals surface area contributed by atoms with Crippen LogP contribution in [0.2, 0.25) is 0 Å². The molecule has 1 heterocycles. The minimum atomic E-state index is 0.491. The molecule has 0 spiro atoms. The maximum absolute atomic E-state index is 5.60. The van der Waals surface area contributed by atoms with Crippen LogP contribution < -0.4 is 10.1 Å². The Bertz CT molecular complexity index is 367. The van der Waals surface area contributed by atoms with Crippen LogP contribution >= 0.6 is 11.8 Å². The Morgan fingerprint density at radius 1 is 1.41 bits per heavy atom. The Morgan fingerprint density at radius 2 is 2.29 bits per heavy atom. The molecule has 1 unspecified atom stereocenters. The smallest absolute Gasteiger partial charge is 0.119 e. The molecule has 94 valence electrons. The highest BCUT2D eigenvalue weighted by molar-refractivity contribution is 7.98. The molecule has 0 aromatic heterocycles. The monoisotopic (exact) mass is 251 g/mol. The summed E-state index contributed by atoms with van der Waals surface area (Å²) in [6.45, 7) is 5.96. The first kappa shape index (κ1) is 12.8. The van der Waals surface area contributed by atoms with E-state index in [0.717, 1.165) is 24.7 Å². The molecule has 1 N–H and O–H groups in total. The molecule has 2 nitrogen and oxygen atoms in total. The molecule has 2 rings (SSSR count). The summed E-state index contributed by atoms with van der Waals surface area (Å²) in [4.78, 5) is 0. The van der Waals surface area contributed by atoms with E-state index in [2.05, 4.69) is 30.4 Å². The Kier molecular flexibility index (Phi) is 4.75. The first-order valence-electron chi connectivity index (χ1n) is 6.42. The predicted molar refractivity (Wildman–Crippen MR) is 74.8 cm³/mol. The number of fused-ring (bicyclic) bond motifs is 1. The van der Waals surface area contributed by atoms with Gasteiger partial charge in [0.05, 0.1) is 6.61 Å². The lowest BCUT2D eigenvalue weighted by atomic mass is 9.99. The fraction of sp³-hybridized carbons (Fsp3) is 0.571. The quantitative estimate of drug-likeness (QED) is 0.886. The van der Waals surface area contributed by atoms with Gasteiger partial charge in [0.1, 0.15) is 5.75 Å². The van der Waals surface area contributed by atoms with E-state index in [1.165, 1.54) is 23.3 Å². The van der Waals surface area contributed by atoms with Gasteiger partial charge in [-0.2, -0.15) is 11.8 Å². The minimum Gasteiger partial charge on any atom is -0.494 e. The van der Waals surface area contributed by atoms with Crippen molar-refractivity contribution in [1.29, 1.82) is 0 Å². The molecule has 0 fully saturated rings. The SMILES string of the molecule is CCNC1CCSCc2ccc(OCC)cc21. The van der Waals surface area contributed by atoms with Gasteiger partial charge in [-0.3, -0.25) is 0 Å². The summed E-state index contributed by atoms with van der Waals surface area (Å²) in [7, 11) is 0. The largest absolute Gasteiger partial charge is 0.494 e. The zero-order valence-corrected chi connectivity index (χ0v) is 11.5. The van der Waals surface area contributed by atoms with Crippen LogP contribution in [0.15, 0.2) is 18.2 Å². The molecule has 1 aromatic carbocycles. The highest BCUT2D eigenvalue weighted by Gasteiger charge is 2.18. The lowest BCUT2D eigenvalue weighted by molar-refractivity contribution is 0.339. The molecular weight excluding hydrogens is 230 g/mol. The average Bonchev–Trinajstić information content (AvgIpc) is 2.53. The van der Waals surface area contributed by atoms with Crippen LogP contribution in [0.1, 0.15) is 37.4 Å². The molecule has 0 radical (unpaired) electrons. The molecule has 1 aliphatic rings. The van der Waals surface area contributed by atoms with Crippen LogP contribution in [0.25, 0.3) is 0 Å². The first-order chi connectivity index (χ1) is 8.35. The van der Waals surface area contributed by atoms with Gasteiger partial charge in [0.25, 0.3) is 0 Å². The highest BCUT2D eigenvalue weighted by Crippen LogP contribution is 2.32. The van der Waals surface area contributed by atoms with Crippen LogP contribution in [0.3, 0.4) is 0 Å². The zero-order chi connectivity index (χ0) is 12.1. The molecule has 0 saturated heterocycles. The molecule has 17 heavy (non-hydrogen) atoms. The van der Waals surface area contributed by atoms with Gasteiger partial charge < -0.3 is 10.1 Å². The van der Waals surface area contributed by atoms with Gasteiger partial charge in [-0.1, -0.05) is 13.0 Å². The summed E-state index contributed by atoms with van der Waals surface area (Å²) in [5.41, 5.74) is 2.89. The van der Waals surface area contributed by atoms with Crippen LogP contribution in [0, 0.1) is 0 Å².